The van der Waals surface area contributed by atoms with Crippen LogP contribution in [-0.4, -0.2) is 23.3 Å². The average Bonchev–Trinajstić information content (AvgIpc) is 2.97. The summed E-state index contributed by atoms with van der Waals surface area (Å²) < 4.78 is 4.88. The molecule has 0 aromatic carbocycles. The van der Waals surface area contributed by atoms with Crippen LogP contribution < -0.4 is 10.6 Å². The Labute approximate surface area is 101 Å². The predicted octanol–water partition coefficient (Wildman–Crippen LogP) is 1.10. The highest BCUT2D eigenvalue weighted by Crippen LogP contribution is 2.09. The molecule has 2 aromatic rings. The quantitative estimate of drug-likeness (QED) is 0.852. The second-order valence-electron chi connectivity index (χ2n) is 3.05. The minimum Gasteiger partial charge on any atom is -0.459 e. The van der Waals surface area contributed by atoms with Gasteiger partial charge in [-0.25, -0.2) is 4.98 Å². The molecular formula is C10H9N3O3S. The fourth-order valence-corrected chi connectivity index (χ4v) is 1.65. The summed E-state index contributed by atoms with van der Waals surface area (Å²) in [6.45, 7) is -0.126. The monoisotopic (exact) mass is 251 g/mol. The molecule has 0 aliphatic heterocycles. The number of hydrogen-bond acceptors (Lipinski definition) is 5. The normalized spacial score (nSPS) is 9.88. The van der Waals surface area contributed by atoms with E-state index in [2.05, 4.69) is 15.6 Å². The smallest absolute Gasteiger partial charge is 0.287 e. The van der Waals surface area contributed by atoms with Crippen molar-refractivity contribution in [1.82, 2.24) is 10.3 Å². The Morgan fingerprint density at radius 1 is 1.47 bits per heavy atom. The number of nitrogens with zero attached hydrogens (tertiary/aromatic N) is 1. The third-order valence-corrected chi connectivity index (χ3v) is 2.52. The molecule has 6 nitrogen and oxygen atoms in total. The number of thiazole rings is 1. The molecule has 2 N–H and O–H groups in total. The van der Waals surface area contributed by atoms with Gasteiger partial charge in [-0.2, -0.15) is 0 Å². The fraction of sp³-hybridized carbons (Fsp3) is 0.100. The Morgan fingerprint density at radius 3 is 3.00 bits per heavy atom. The minimum atomic E-state index is -0.427. The lowest BCUT2D eigenvalue weighted by Gasteiger charge is -2.02. The van der Waals surface area contributed by atoms with E-state index in [-0.39, 0.29) is 18.2 Å². The highest BCUT2D eigenvalue weighted by Gasteiger charge is 2.10. The first-order valence-corrected chi connectivity index (χ1v) is 5.65. The molecule has 0 atom stereocenters. The molecule has 0 aliphatic rings. The maximum atomic E-state index is 11.4. The number of anilines is 1. The van der Waals surface area contributed by atoms with E-state index in [0.717, 1.165) is 0 Å². The molecule has 2 aromatic heterocycles. The summed E-state index contributed by atoms with van der Waals surface area (Å²) in [5, 5.41) is 7.22. The third-order valence-electron chi connectivity index (χ3n) is 1.83. The zero-order chi connectivity index (χ0) is 12.1. The zero-order valence-electron chi connectivity index (χ0n) is 8.67. The first-order chi connectivity index (χ1) is 8.25. The van der Waals surface area contributed by atoms with Gasteiger partial charge in [0.2, 0.25) is 5.91 Å². The van der Waals surface area contributed by atoms with E-state index >= 15 is 0 Å². The van der Waals surface area contributed by atoms with Crippen molar-refractivity contribution in [2.45, 2.75) is 0 Å². The highest BCUT2D eigenvalue weighted by atomic mass is 32.1. The van der Waals surface area contributed by atoms with Gasteiger partial charge in [0.1, 0.15) is 0 Å². The first kappa shape index (κ1) is 11.3. The van der Waals surface area contributed by atoms with Gasteiger partial charge in [0.05, 0.1) is 12.8 Å². The van der Waals surface area contributed by atoms with Crippen molar-refractivity contribution < 1.29 is 14.0 Å². The molecular weight excluding hydrogens is 242 g/mol. The number of aromatic nitrogens is 1. The number of carbonyl (C=O) groups is 2. The lowest BCUT2D eigenvalue weighted by atomic mass is 10.4. The Kier molecular flexibility index (Phi) is 3.51. The van der Waals surface area contributed by atoms with Gasteiger partial charge in [0, 0.05) is 11.6 Å². The molecule has 0 saturated heterocycles. The summed E-state index contributed by atoms with van der Waals surface area (Å²) in [5.41, 5.74) is 0. The Morgan fingerprint density at radius 2 is 2.35 bits per heavy atom. The molecule has 0 bridgehead atoms. The van der Waals surface area contributed by atoms with Crippen molar-refractivity contribution in [3.63, 3.8) is 0 Å². The molecule has 0 spiro atoms. The number of carbonyl (C=O) groups excluding carboxylic acids is 2. The van der Waals surface area contributed by atoms with Crippen LogP contribution in [0.15, 0.2) is 34.4 Å². The van der Waals surface area contributed by atoms with Crippen LogP contribution in [0.5, 0.6) is 0 Å². The second kappa shape index (κ2) is 5.26. The van der Waals surface area contributed by atoms with E-state index in [1.807, 2.05) is 0 Å². The average molecular weight is 251 g/mol. The topological polar surface area (TPSA) is 84.2 Å². The van der Waals surface area contributed by atoms with Gasteiger partial charge >= 0.3 is 0 Å². The third kappa shape index (κ3) is 3.15. The lowest BCUT2D eigenvalue weighted by Crippen LogP contribution is -2.32. The zero-order valence-corrected chi connectivity index (χ0v) is 9.49. The maximum absolute atomic E-state index is 11.4. The number of furan rings is 1. The van der Waals surface area contributed by atoms with Crippen LogP contribution in [-0.2, 0) is 4.79 Å². The van der Waals surface area contributed by atoms with E-state index in [1.165, 1.54) is 23.7 Å². The molecule has 2 amide bonds. The first-order valence-electron chi connectivity index (χ1n) is 4.77. The van der Waals surface area contributed by atoms with Gasteiger partial charge in [0.25, 0.3) is 5.91 Å². The molecule has 0 saturated carbocycles. The van der Waals surface area contributed by atoms with Gasteiger partial charge < -0.3 is 15.1 Å². The van der Waals surface area contributed by atoms with E-state index in [0.29, 0.717) is 5.13 Å². The van der Waals surface area contributed by atoms with E-state index < -0.39 is 5.91 Å². The summed E-state index contributed by atoms with van der Waals surface area (Å²) in [6, 6.07) is 3.12. The molecule has 0 unspecified atom stereocenters. The standard InChI is InChI=1S/C10H9N3O3S/c14-8(13-10-11-3-5-17-10)6-12-9(15)7-2-1-4-16-7/h1-5H,6H2,(H,12,15)(H,11,13,14). The van der Waals surface area contributed by atoms with Crippen LogP contribution in [0.25, 0.3) is 0 Å². The van der Waals surface area contributed by atoms with Gasteiger partial charge in [-0.3, -0.25) is 9.59 Å². The van der Waals surface area contributed by atoms with E-state index in [1.54, 1.807) is 17.6 Å². The maximum Gasteiger partial charge on any atom is 0.287 e. The van der Waals surface area contributed by atoms with Crippen molar-refractivity contribution in [1.29, 1.82) is 0 Å². The molecule has 0 aliphatic carbocycles. The number of nitrogens with one attached hydrogen (secondary N) is 2. The van der Waals surface area contributed by atoms with Crippen LogP contribution in [0, 0.1) is 0 Å². The van der Waals surface area contributed by atoms with Crippen LogP contribution >= 0.6 is 11.3 Å². The van der Waals surface area contributed by atoms with Crippen molar-refractivity contribution in [3.05, 3.63) is 35.7 Å². The minimum absolute atomic E-state index is 0.126. The van der Waals surface area contributed by atoms with Crippen LogP contribution in [0.3, 0.4) is 0 Å². The van der Waals surface area contributed by atoms with Crippen LogP contribution in [0.4, 0.5) is 5.13 Å². The summed E-state index contributed by atoms with van der Waals surface area (Å²) in [4.78, 5) is 26.7. The van der Waals surface area contributed by atoms with E-state index in [9.17, 15) is 9.59 Å². The number of hydrogen-bond donors (Lipinski definition) is 2. The molecule has 88 valence electrons. The Bertz CT molecular complexity index is 493. The Hall–Kier alpha value is -2.15. The summed E-state index contributed by atoms with van der Waals surface area (Å²) in [6.07, 6.45) is 2.98. The fourth-order valence-electron chi connectivity index (χ4n) is 1.10. The van der Waals surface area contributed by atoms with Crippen LogP contribution in [0.1, 0.15) is 10.6 Å². The molecule has 2 rings (SSSR count). The lowest BCUT2D eigenvalue weighted by molar-refractivity contribution is -0.115. The Balaban J connectivity index is 1.79. The van der Waals surface area contributed by atoms with Gasteiger partial charge in [-0.15, -0.1) is 11.3 Å². The van der Waals surface area contributed by atoms with Crippen LogP contribution in [0.2, 0.25) is 0 Å². The van der Waals surface area contributed by atoms with Crippen molar-refractivity contribution >= 4 is 28.3 Å². The van der Waals surface area contributed by atoms with Crippen molar-refractivity contribution in [3.8, 4) is 0 Å². The predicted molar refractivity (Wildman–Crippen MR) is 61.8 cm³/mol. The van der Waals surface area contributed by atoms with E-state index in [4.69, 9.17) is 4.42 Å². The summed E-state index contributed by atoms with van der Waals surface area (Å²) >= 11 is 1.31. The molecule has 0 radical (unpaired) electrons. The number of amides is 2. The summed E-state index contributed by atoms with van der Waals surface area (Å²) in [7, 11) is 0. The molecule has 7 heteroatoms. The second-order valence-corrected chi connectivity index (χ2v) is 3.94. The van der Waals surface area contributed by atoms with Crippen molar-refractivity contribution in [2.24, 2.45) is 0 Å². The summed E-state index contributed by atoms with van der Waals surface area (Å²) in [5.74, 6) is -0.587. The SMILES string of the molecule is O=C(CNC(=O)c1ccco1)Nc1nccs1. The van der Waals surface area contributed by atoms with Gasteiger partial charge in [0.15, 0.2) is 10.9 Å². The molecule has 17 heavy (non-hydrogen) atoms. The molecule has 0 fully saturated rings. The highest BCUT2D eigenvalue weighted by molar-refractivity contribution is 7.13. The largest absolute Gasteiger partial charge is 0.459 e. The molecule has 2 heterocycles. The van der Waals surface area contributed by atoms with Gasteiger partial charge in [-0.1, -0.05) is 0 Å². The van der Waals surface area contributed by atoms with Gasteiger partial charge in [-0.05, 0) is 12.1 Å². The van der Waals surface area contributed by atoms with Crippen molar-refractivity contribution in [2.75, 3.05) is 11.9 Å². The number of rotatable bonds is 4.